The van der Waals surface area contributed by atoms with Crippen LogP contribution in [0.2, 0.25) is 0 Å². The minimum absolute atomic E-state index is 0.0926. The number of rotatable bonds is 19. The Balaban J connectivity index is 1.97. The van der Waals surface area contributed by atoms with Crippen LogP contribution in [-0.2, 0) is 14.4 Å². The van der Waals surface area contributed by atoms with Crippen LogP contribution in [0.4, 0.5) is 0 Å². The summed E-state index contributed by atoms with van der Waals surface area (Å²) >= 11 is 0. The van der Waals surface area contributed by atoms with E-state index in [0.29, 0.717) is 18.8 Å². The molecule has 0 bridgehead atoms. The van der Waals surface area contributed by atoms with Crippen LogP contribution < -0.4 is 10.1 Å². The third-order valence-electron chi connectivity index (χ3n) is 5.42. The van der Waals surface area contributed by atoms with Crippen molar-refractivity contribution in [3.05, 3.63) is 34.7 Å². The molecule has 0 aliphatic carbocycles. The lowest BCUT2D eigenvalue weighted by Gasteiger charge is -2.13. The molecule has 0 aliphatic rings. The summed E-state index contributed by atoms with van der Waals surface area (Å²) in [5.74, 6) is -1.61. The van der Waals surface area contributed by atoms with E-state index in [1.54, 1.807) is 12.1 Å². The Labute approximate surface area is 200 Å². The predicted molar refractivity (Wildman–Crippen MR) is 128 cm³/mol. The van der Waals surface area contributed by atoms with Crippen molar-refractivity contribution in [1.82, 2.24) is 5.32 Å². The highest BCUT2D eigenvalue weighted by molar-refractivity contribution is 5.94. The average molecular weight is 477 g/mol. The number of amides is 2. The number of carbonyl (C=O) groups excluding carboxylic acids is 3. The fourth-order valence-corrected chi connectivity index (χ4v) is 3.43. The van der Waals surface area contributed by atoms with E-state index >= 15 is 0 Å². The normalized spacial score (nSPS) is 11.4. The number of nitroso groups, excluding NO2 is 1. The molecular formula is C25H36N2O7. The largest absolute Gasteiger partial charge is 0.494 e. The van der Waals surface area contributed by atoms with Crippen LogP contribution in [0.15, 0.2) is 29.4 Å². The zero-order valence-corrected chi connectivity index (χ0v) is 19.9. The molecule has 9 heteroatoms. The molecule has 0 saturated carbocycles. The van der Waals surface area contributed by atoms with Crippen molar-refractivity contribution in [2.75, 3.05) is 6.61 Å². The number of benzene rings is 1. The number of carbonyl (C=O) groups is 4. The van der Waals surface area contributed by atoms with Gasteiger partial charge in [0.1, 0.15) is 17.6 Å². The molecule has 0 spiro atoms. The number of unbranched alkanes of at least 4 members (excludes halogenated alkanes) is 8. The van der Waals surface area contributed by atoms with Crippen LogP contribution in [-0.4, -0.2) is 41.3 Å². The van der Waals surface area contributed by atoms with Gasteiger partial charge >= 0.3 is 11.9 Å². The number of ether oxygens (including phenoxy) is 1. The maximum absolute atomic E-state index is 11.9. The Hall–Kier alpha value is -3.10. The lowest BCUT2D eigenvalue weighted by atomic mass is 10.1. The zero-order valence-electron chi connectivity index (χ0n) is 19.9. The third-order valence-corrected chi connectivity index (χ3v) is 5.42. The Kier molecular flexibility index (Phi) is 14.8. The van der Waals surface area contributed by atoms with Crippen LogP contribution >= 0.6 is 0 Å². The van der Waals surface area contributed by atoms with Crippen molar-refractivity contribution in [3.8, 4) is 5.75 Å². The number of Topliss-reactive ketones (excluding diaryl/α,β-unsaturated/α-hetero) is 1. The van der Waals surface area contributed by atoms with Crippen molar-refractivity contribution in [3.63, 3.8) is 0 Å². The second-order valence-electron chi connectivity index (χ2n) is 8.40. The number of nitrogens with zero attached hydrogens (tertiary/aromatic N) is 1. The summed E-state index contributed by atoms with van der Waals surface area (Å²) in [6.45, 7) is 2.00. The van der Waals surface area contributed by atoms with Crippen LogP contribution in [0.3, 0.4) is 0 Å². The average Bonchev–Trinajstić information content (AvgIpc) is 2.81. The molecule has 0 aliphatic heterocycles. The van der Waals surface area contributed by atoms with E-state index in [0.717, 1.165) is 57.8 Å². The Morgan fingerprint density at radius 1 is 0.882 bits per heavy atom. The van der Waals surface area contributed by atoms with Gasteiger partial charge in [0, 0.05) is 23.6 Å². The molecule has 188 valence electrons. The van der Waals surface area contributed by atoms with E-state index in [1.807, 2.05) is 0 Å². The Morgan fingerprint density at radius 3 is 1.97 bits per heavy atom. The quantitative estimate of drug-likeness (QED) is 0.216. The minimum Gasteiger partial charge on any atom is -0.494 e. The molecule has 1 aromatic rings. The summed E-state index contributed by atoms with van der Waals surface area (Å²) in [6.07, 6.45) is 9.79. The van der Waals surface area contributed by atoms with Gasteiger partial charge < -0.3 is 20.0 Å². The summed E-state index contributed by atoms with van der Waals surface area (Å²) in [4.78, 5) is 55.4. The van der Waals surface area contributed by atoms with E-state index in [1.165, 1.54) is 19.1 Å². The molecule has 1 aromatic carbocycles. The predicted octanol–water partition coefficient (Wildman–Crippen LogP) is 4.81. The van der Waals surface area contributed by atoms with Crippen molar-refractivity contribution < 1.29 is 29.0 Å². The second-order valence-corrected chi connectivity index (χ2v) is 8.40. The molecule has 1 rings (SSSR count). The monoisotopic (exact) mass is 476 g/mol. The molecule has 0 aromatic heterocycles. The number of hydrogen-bond donors (Lipinski definition) is 2. The molecule has 9 nitrogen and oxygen atoms in total. The smallest absolute Gasteiger partial charge is 0.326 e. The molecule has 0 unspecified atom stereocenters. The maximum atomic E-state index is 11.9. The highest BCUT2D eigenvalue weighted by atomic mass is 16.5. The van der Waals surface area contributed by atoms with E-state index < -0.39 is 17.9 Å². The standard InChI is InChI=1S/C25H36N2O7/c1-19(28)12-17-22(25(31)32)26-23(29)11-9-7-5-3-2-4-6-8-10-18-34-21-15-13-20(14-16-21)24(30)27-33/h13-16,22H,2-12,17-18H2,1H3,(H,26,29)(H,31,32)/t22-/m0/s1. The van der Waals surface area contributed by atoms with Gasteiger partial charge in [-0.15, -0.1) is 4.91 Å². The molecule has 0 heterocycles. The van der Waals surface area contributed by atoms with Crippen molar-refractivity contribution in [2.45, 2.75) is 90.0 Å². The first-order valence-corrected chi connectivity index (χ1v) is 12.0. The number of carboxylic acids is 1. The summed E-state index contributed by atoms with van der Waals surface area (Å²) < 4.78 is 5.63. The first kappa shape index (κ1) is 28.9. The van der Waals surface area contributed by atoms with Gasteiger partial charge in [-0.2, -0.15) is 0 Å². The summed E-state index contributed by atoms with van der Waals surface area (Å²) in [5, 5.41) is 14.0. The molecule has 0 saturated heterocycles. The molecule has 0 radical (unpaired) electrons. The SMILES string of the molecule is CC(=O)CC[C@H](NC(=O)CCCCCCCCCCCOc1ccc(C(=O)N=O)cc1)C(=O)O. The number of ketones is 1. The van der Waals surface area contributed by atoms with Crippen molar-refractivity contribution >= 4 is 23.6 Å². The summed E-state index contributed by atoms with van der Waals surface area (Å²) in [7, 11) is 0. The fraction of sp³-hybridized carbons (Fsp3) is 0.600. The van der Waals surface area contributed by atoms with Crippen LogP contribution in [0.25, 0.3) is 0 Å². The van der Waals surface area contributed by atoms with E-state index in [2.05, 4.69) is 10.5 Å². The lowest BCUT2D eigenvalue weighted by Crippen LogP contribution is -2.40. The minimum atomic E-state index is -1.11. The van der Waals surface area contributed by atoms with E-state index in [-0.39, 0.29) is 30.1 Å². The van der Waals surface area contributed by atoms with E-state index in [9.17, 15) is 24.1 Å². The first-order chi connectivity index (χ1) is 16.3. The molecule has 0 fully saturated rings. The van der Waals surface area contributed by atoms with Gasteiger partial charge in [-0.3, -0.25) is 9.59 Å². The molecule has 1 atom stereocenters. The third kappa shape index (κ3) is 13.4. The topological polar surface area (TPSA) is 139 Å². The van der Waals surface area contributed by atoms with E-state index in [4.69, 9.17) is 9.84 Å². The molecular weight excluding hydrogens is 440 g/mol. The second kappa shape index (κ2) is 17.4. The highest BCUT2D eigenvalue weighted by Crippen LogP contribution is 2.15. The van der Waals surface area contributed by atoms with Gasteiger partial charge in [0.05, 0.1) is 6.61 Å². The summed E-state index contributed by atoms with van der Waals surface area (Å²) in [6, 6.07) is 5.35. The molecule has 2 amide bonds. The number of carboxylic acid groups (broad SMARTS) is 1. The van der Waals surface area contributed by atoms with Gasteiger partial charge in [0.15, 0.2) is 0 Å². The number of aliphatic carboxylic acids is 1. The Bertz CT molecular complexity index is 793. The van der Waals surface area contributed by atoms with Gasteiger partial charge in [-0.25, -0.2) is 4.79 Å². The maximum Gasteiger partial charge on any atom is 0.326 e. The first-order valence-electron chi connectivity index (χ1n) is 12.0. The van der Waals surface area contributed by atoms with Gasteiger partial charge in [0.25, 0.3) is 0 Å². The van der Waals surface area contributed by atoms with Gasteiger partial charge in [-0.1, -0.05) is 44.9 Å². The zero-order chi connectivity index (χ0) is 25.2. The number of nitrogens with one attached hydrogen (secondary N) is 1. The van der Waals surface area contributed by atoms with Crippen molar-refractivity contribution in [2.24, 2.45) is 5.18 Å². The Morgan fingerprint density at radius 2 is 1.44 bits per heavy atom. The van der Waals surface area contributed by atoms with Gasteiger partial charge in [-0.05, 0) is 50.5 Å². The van der Waals surface area contributed by atoms with Crippen LogP contribution in [0.1, 0.15) is 94.3 Å². The van der Waals surface area contributed by atoms with Crippen LogP contribution in [0.5, 0.6) is 5.75 Å². The van der Waals surface area contributed by atoms with Crippen molar-refractivity contribution in [1.29, 1.82) is 0 Å². The lowest BCUT2D eigenvalue weighted by molar-refractivity contribution is -0.142. The number of hydrogen-bond acceptors (Lipinski definition) is 6. The molecule has 2 N–H and O–H groups in total. The fourth-order valence-electron chi connectivity index (χ4n) is 3.43. The van der Waals surface area contributed by atoms with Crippen LogP contribution in [0, 0.1) is 4.91 Å². The van der Waals surface area contributed by atoms with Gasteiger partial charge in [0.2, 0.25) is 5.91 Å². The summed E-state index contributed by atoms with van der Waals surface area (Å²) in [5.41, 5.74) is 0.249. The molecule has 34 heavy (non-hydrogen) atoms. The highest BCUT2D eigenvalue weighted by Gasteiger charge is 2.19.